The van der Waals surface area contributed by atoms with E-state index in [2.05, 4.69) is 15.2 Å². The minimum absolute atomic E-state index is 0.162. The Bertz CT molecular complexity index is 304. The number of nitrogens with one attached hydrogen (secondary N) is 1. The molecule has 0 aliphatic heterocycles. The van der Waals surface area contributed by atoms with Crippen LogP contribution in [0, 0.1) is 0 Å². The van der Waals surface area contributed by atoms with Crippen LogP contribution in [0.4, 0.5) is 5.82 Å². The van der Waals surface area contributed by atoms with Gasteiger partial charge in [0.05, 0.1) is 6.61 Å². The number of aliphatic hydroxyl groups is 1. The van der Waals surface area contributed by atoms with Gasteiger partial charge < -0.3 is 10.4 Å². The first-order valence-corrected chi connectivity index (χ1v) is 5.11. The van der Waals surface area contributed by atoms with Gasteiger partial charge in [0.15, 0.2) is 0 Å². The number of aliphatic hydroxyl groups excluding tert-OH is 1. The lowest BCUT2D eigenvalue weighted by Gasteiger charge is -2.23. The smallest absolute Gasteiger partial charge is 0.130 e. The number of hydrogen-bond donors (Lipinski definition) is 2. The molecule has 1 aromatic heterocycles. The Hall–Kier alpha value is -1.13. The van der Waals surface area contributed by atoms with Gasteiger partial charge in [0, 0.05) is 31.4 Å². The van der Waals surface area contributed by atoms with Gasteiger partial charge in [-0.3, -0.25) is 4.90 Å². The van der Waals surface area contributed by atoms with Crippen molar-refractivity contribution in [3.63, 3.8) is 0 Å². The molecule has 0 radical (unpaired) electrons. The molecule has 1 rings (SSSR count). The van der Waals surface area contributed by atoms with Gasteiger partial charge in [-0.2, -0.15) is 0 Å². The fourth-order valence-electron chi connectivity index (χ4n) is 1.36. The number of aromatic nitrogens is 1. The van der Waals surface area contributed by atoms with Crippen LogP contribution < -0.4 is 5.32 Å². The topological polar surface area (TPSA) is 48.4 Å². The van der Waals surface area contributed by atoms with E-state index >= 15 is 0 Å². The Morgan fingerprint density at radius 2 is 2.33 bits per heavy atom. The van der Waals surface area contributed by atoms with Gasteiger partial charge in [0.25, 0.3) is 0 Å². The lowest BCUT2D eigenvalue weighted by atomic mass is 10.2. The van der Waals surface area contributed by atoms with Crippen LogP contribution in [0.2, 0.25) is 0 Å². The summed E-state index contributed by atoms with van der Waals surface area (Å²) in [6, 6.07) is 4.13. The molecule has 4 heteroatoms. The third kappa shape index (κ3) is 3.18. The molecule has 1 atom stereocenters. The van der Waals surface area contributed by atoms with E-state index in [0.29, 0.717) is 0 Å². The van der Waals surface area contributed by atoms with Crippen LogP contribution in [0.3, 0.4) is 0 Å². The third-order valence-corrected chi connectivity index (χ3v) is 2.56. The highest BCUT2D eigenvalue weighted by Crippen LogP contribution is 2.13. The van der Waals surface area contributed by atoms with Gasteiger partial charge in [-0.15, -0.1) is 0 Å². The monoisotopic (exact) mass is 209 g/mol. The molecule has 1 unspecified atom stereocenters. The molecule has 0 bridgehead atoms. The largest absolute Gasteiger partial charge is 0.395 e. The highest BCUT2D eigenvalue weighted by Gasteiger charge is 2.10. The predicted octanol–water partition coefficient (Wildman–Crippen LogP) is 0.936. The zero-order valence-electron chi connectivity index (χ0n) is 9.57. The number of pyridine rings is 1. The Morgan fingerprint density at radius 3 is 2.93 bits per heavy atom. The standard InChI is InChI=1S/C11H19N3O/c1-9(8-15)14(3)7-10-5-4-6-13-11(10)12-2/h4-6,9,15H,7-8H2,1-3H3,(H,12,13). The highest BCUT2D eigenvalue weighted by atomic mass is 16.3. The number of hydrogen-bond acceptors (Lipinski definition) is 4. The summed E-state index contributed by atoms with van der Waals surface area (Å²) in [5, 5.41) is 12.1. The molecule has 0 saturated carbocycles. The van der Waals surface area contributed by atoms with Crippen LogP contribution >= 0.6 is 0 Å². The van der Waals surface area contributed by atoms with Crippen molar-refractivity contribution >= 4 is 5.82 Å². The summed E-state index contributed by atoms with van der Waals surface area (Å²) in [6.45, 7) is 2.95. The van der Waals surface area contributed by atoms with E-state index in [4.69, 9.17) is 5.11 Å². The van der Waals surface area contributed by atoms with E-state index < -0.39 is 0 Å². The second-order valence-corrected chi connectivity index (χ2v) is 3.71. The van der Waals surface area contributed by atoms with Crippen molar-refractivity contribution in [2.45, 2.75) is 19.5 Å². The van der Waals surface area contributed by atoms with Crippen LogP contribution in [-0.4, -0.2) is 41.7 Å². The predicted molar refractivity (Wildman–Crippen MR) is 61.8 cm³/mol. The average Bonchev–Trinajstić information content (AvgIpc) is 2.28. The summed E-state index contributed by atoms with van der Waals surface area (Å²) >= 11 is 0. The van der Waals surface area contributed by atoms with Crippen molar-refractivity contribution in [1.29, 1.82) is 0 Å². The van der Waals surface area contributed by atoms with Crippen molar-refractivity contribution < 1.29 is 5.11 Å². The van der Waals surface area contributed by atoms with Gasteiger partial charge in [0.1, 0.15) is 5.82 Å². The maximum absolute atomic E-state index is 9.04. The molecule has 0 aliphatic carbocycles. The summed E-state index contributed by atoms with van der Waals surface area (Å²) in [4.78, 5) is 6.33. The number of anilines is 1. The van der Waals surface area contributed by atoms with Crippen LogP contribution in [-0.2, 0) is 6.54 Å². The lowest BCUT2D eigenvalue weighted by Crippen LogP contribution is -2.31. The molecule has 0 aliphatic rings. The Labute approximate surface area is 90.9 Å². The van der Waals surface area contributed by atoms with Gasteiger partial charge in [0.2, 0.25) is 0 Å². The summed E-state index contributed by atoms with van der Waals surface area (Å²) in [6.07, 6.45) is 1.77. The normalized spacial score (nSPS) is 12.9. The van der Waals surface area contributed by atoms with Crippen molar-refractivity contribution in [2.75, 3.05) is 26.0 Å². The molecule has 1 heterocycles. The molecular weight excluding hydrogens is 190 g/mol. The van der Waals surface area contributed by atoms with Crippen molar-refractivity contribution in [2.24, 2.45) is 0 Å². The van der Waals surface area contributed by atoms with Gasteiger partial charge in [-0.05, 0) is 20.0 Å². The molecule has 84 valence electrons. The third-order valence-electron chi connectivity index (χ3n) is 2.56. The van der Waals surface area contributed by atoms with Gasteiger partial charge >= 0.3 is 0 Å². The first-order chi connectivity index (χ1) is 7.19. The van der Waals surface area contributed by atoms with E-state index in [1.54, 1.807) is 6.20 Å². The van der Waals surface area contributed by atoms with Gasteiger partial charge in [-0.1, -0.05) is 6.07 Å². The summed E-state index contributed by atoms with van der Waals surface area (Å²) in [7, 11) is 3.86. The van der Waals surface area contributed by atoms with Crippen molar-refractivity contribution in [3.05, 3.63) is 23.9 Å². The fourth-order valence-corrected chi connectivity index (χ4v) is 1.36. The van der Waals surface area contributed by atoms with Crippen molar-refractivity contribution in [3.8, 4) is 0 Å². The number of nitrogens with zero attached hydrogens (tertiary/aromatic N) is 2. The first-order valence-electron chi connectivity index (χ1n) is 5.11. The van der Waals surface area contributed by atoms with E-state index in [9.17, 15) is 0 Å². The SMILES string of the molecule is CNc1ncccc1CN(C)C(C)CO. The van der Waals surface area contributed by atoms with Crippen LogP contribution in [0.15, 0.2) is 18.3 Å². The Balaban J connectivity index is 2.71. The Morgan fingerprint density at radius 1 is 1.60 bits per heavy atom. The molecule has 0 saturated heterocycles. The minimum Gasteiger partial charge on any atom is -0.395 e. The van der Waals surface area contributed by atoms with E-state index in [1.165, 1.54) is 0 Å². The van der Waals surface area contributed by atoms with Crippen molar-refractivity contribution in [1.82, 2.24) is 9.88 Å². The fraction of sp³-hybridized carbons (Fsp3) is 0.545. The molecule has 0 amide bonds. The molecule has 0 aromatic carbocycles. The van der Waals surface area contributed by atoms with E-state index in [-0.39, 0.29) is 12.6 Å². The van der Waals surface area contributed by atoms with Gasteiger partial charge in [-0.25, -0.2) is 4.98 Å². The maximum Gasteiger partial charge on any atom is 0.130 e. The van der Waals surface area contributed by atoms with Crippen LogP contribution in [0.1, 0.15) is 12.5 Å². The zero-order chi connectivity index (χ0) is 11.3. The molecule has 0 spiro atoms. The molecule has 0 fully saturated rings. The first kappa shape index (κ1) is 11.9. The molecular formula is C11H19N3O. The summed E-state index contributed by atoms with van der Waals surface area (Å²) < 4.78 is 0. The van der Waals surface area contributed by atoms with E-state index in [1.807, 2.05) is 33.2 Å². The summed E-state index contributed by atoms with van der Waals surface area (Å²) in [5.41, 5.74) is 1.14. The second kappa shape index (κ2) is 5.68. The minimum atomic E-state index is 0.162. The summed E-state index contributed by atoms with van der Waals surface area (Å²) in [5.74, 6) is 0.898. The number of rotatable bonds is 5. The quantitative estimate of drug-likeness (QED) is 0.757. The van der Waals surface area contributed by atoms with Crippen LogP contribution in [0.5, 0.6) is 0 Å². The molecule has 15 heavy (non-hydrogen) atoms. The highest BCUT2D eigenvalue weighted by molar-refractivity contribution is 5.42. The molecule has 2 N–H and O–H groups in total. The van der Waals surface area contributed by atoms with E-state index in [0.717, 1.165) is 17.9 Å². The maximum atomic E-state index is 9.04. The lowest BCUT2D eigenvalue weighted by molar-refractivity contribution is 0.154. The molecule has 4 nitrogen and oxygen atoms in total. The molecule has 1 aromatic rings. The average molecular weight is 209 g/mol. The number of likely N-dealkylation sites (N-methyl/N-ethyl adjacent to an activating group) is 1. The zero-order valence-corrected chi connectivity index (χ0v) is 9.57. The second-order valence-electron chi connectivity index (χ2n) is 3.71. The van der Waals surface area contributed by atoms with Crippen LogP contribution in [0.25, 0.3) is 0 Å². The Kier molecular flexibility index (Phi) is 4.52.